The Morgan fingerprint density at radius 2 is 1.65 bits per heavy atom. The molecule has 1 aromatic rings. The molecule has 1 aromatic carbocycles. The van der Waals surface area contributed by atoms with Crippen LogP contribution in [0.5, 0.6) is 0 Å². The first-order chi connectivity index (χ1) is 9.34. The van der Waals surface area contributed by atoms with E-state index in [0.29, 0.717) is 31.3 Å². The number of hydrogen-bond acceptors (Lipinski definition) is 2. The van der Waals surface area contributed by atoms with E-state index in [1.54, 1.807) is 0 Å². The van der Waals surface area contributed by atoms with Crippen molar-refractivity contribution >= 4 is 0 Å². The normalized spacial score (nSPS) is 33.4. The van der Waals surface area contributed by atoms with Crippen molar-refractivity contribution < 1.29 is 18.3 Å². The van der Waals surface area contributed by atoms with Crippen LogP contribution in [0.3, 0.4) is 0 Å². The standard InChI is InChI=1S/C15H18F3NO/c16-15(17,18)11-3-1-10(2-4-11)7-14(20)8-12-5-6-13(9-14)19-12/h1-4,12-13,19-20H,5-9H2. The molecule has 2 heterocycles. The third-order valence-corrected chi connectivity index (χ3v) is 4.40. The average molecular weight is 285 g/mol. The van der Waals surface area contributed by atoms with E-state index < -0.39 is 17.3 Å². The Labute approximate surface area is 116 Å². The van der Waals surface area contributed by atoms with Crippen molar-refractivity contribution in [2.45, 2.75) is 56.0 Å². The third-order valence-electron chi connectivity index (χ3n) is 4.40. The van der Waals surface area contributed by atoms with E-state index in [-0.39, 0.29) is 0 Å². The fourth-order valence-corrected chi connectivity index (χ4v) is 3.56. The van der Waals surface area contributed by atoms with Crippen LogP contribution in [0.2, 0.25) is 0 Å². The van der Waals surface area contributed by atoms with Gasteiger partial charge in [-0.15, -0.1) is 0 Å². The molecule has 2 nitrogen and oxygen atoms in total. The Bertz CT molecular complexity index is 471. The highest BCUT2D eigenvalue weighted by atomic mass is 19.4. The zero-order valence-electron chi connectivity index (χ0n) is 11.1. The molecule has 2 saturated heterocycles. The molecule has 2 bridgehead atoms. The van der Waals surface area contributed by atoms with Gasteiger partial charge in [0.05, 0.1) is 11.2 Å². The topological polar surface area (TPSA) is 32.3 Å². The number of benzene rings is 1. The molecule has 0 aromatic heterocycles. The molecule has 0 radical (unpaired) electrons. The number of alkyl halides is 3. The van der Waals surface area contributed by atoms with Gasteiger partial charge in [0.15, 0.2) is 0 Å². The first kappa shape index (κ1) is 13.9. The van der Waals surface area contributed by atoms with Gasteiger partial charge in [0.25, 0.3) is 0 Å². The smallest absolute Gasteiger partial charge is 0.389 e. The lowest BCUT2D eigenvalue weighted by atomic mass is 9.82. The first-order valence-corrected chi connectivity index (χ1v) is 6.99. The van der Waals surface area contributed by atoms with Crippen LogP contribution in [0.25, 0.3) is 0 Å². The molecular formula is C15H18F3NO. The molecule has 2 fully saturated rings. The Kier molecular flexibility index (Phi) is 3.29. The summed E-state index contributed by atoms with van der Waals surface area (Å²) in [5.41, 5.74) is -0.656. The van der Waals surface area contributed by atoms with Crippen molar-refractivity contribution in [1.82, 2.24) is 5.32 Å². The molecule has 5 heteroatoms. The molecule has 0 amide bonds. The molecule has 2 aliphatic rings. The number of nitrogens with one attached hydrogen (secondary N) is 1. The summed E-state index contributed by atoms with van der Waals surface area (Å²) in [6, 6.07) is 5.85. The summed E-state index contributed by atoms with van der Waals surface area (Å²) in [4.78, 5) is 0. The van der Waals surface area contributed by atoms with Crippen molar-refractivity contribution in [2.24, 2.45) is 0 Å². The minimum atomic E-state index is -4.30. The molecule has 2 N–H and O–H groups in total. The van der Waals surface area contributed by atoms with Crippen LogP contribution in [-0.2, 0) is 12.6 Å². The van der Waals surface area contributed by atoms with Gasteiger partial charge >= 0.3 is 6.18 Å². The second kappa shape index (κ2) is 4.74. The van der Waals surface area contributed by atoms with Gasteiger partial charge in [-0.25, -0.2) is 0 Å². The lowest BCUT2D eigenvalue weighted by Crippen LogP contribution is -2.49. The molecule has 0 spiro atoms. The highest BCUT2D eigenvalue weighted by Gasteiger charge is 2.42. The lowest BCUT2D eigenvalue weighted by Gasteiger charge is -2.37. The zero-order chi connectivity index (χ0) is 14.4. The summed E-state index contributed by atoms with van der Waals surface area (Å²) < 4.78 is 37.5. The molecule has 2 aliphatic heterocycles. The number of fused-ring (bicyclic) bond motifs is 2. The maximum atomic E-state index is 12.5. The summed E-state index contributed by atoms with van der Waals surface area (Å²) in [5, 5.41) is 14.1. The van der Waals surface area contributed by atoms with Gasteiger partial charge in [-0.1, -0.05) is 12.1 Å². The van der Waals surface area contributed by atoms with Gasteiger partial charge in [-0.2, -0.15) is 13.2 Å². The Hall–Kier alpha value is -1.07. The average Bonchev–Trinajstić information content (AvgIpc) is 2.68. The van der Waals surface area contributed by atoms with E-state index in [1.807, 2.05) is 0 Å². The highest BCUT2D eigenvalue weighted by molar-refractivity contribution is 5.26. The maximum absolute atomic E-state index is 12.5. The van der Waals surface area contributed by atoms with Crippen molar-refractivity contribution in [1.29, 1.82) is 0 Å². The van der Waals surface area contributed by atoms with E-state index in [4.69, 9.17) is 0 Å². The zero-order valence-corrected chi connectivity index (χ0v) is 11.1. The predicted molar refractivity (Wildman–Crippen MR) is 69.3 cm³/mol. The first-order valence-electron chi connectivity index (χ1n) is 6.99. The second-order valence-corrected chi connectivity index (χ2v) is 6.14. The van der Waals surface area contributed by atoms with E-state index in [9.17, 15) is 18.3 Å². The van der Waals surface area contributed by atoms with Crippen LogP contribution in [0.4, 0.5) is 13.2 Å². The van der Waals surface area contributed by atoms with Crippen LogP contribution in [-0.4, -0.2) is 22.8 Å². The summed E-state index contributed by atoms with van der Waals surface area (Å²) in [5.74, 6) is 0. The van der Waals surface area contributed by atoms with Crippen LogP contribution in [0, 0.1) is 0 Å². The Morgan fingerprint density at radius 1 is 1.10 bits per heavy atom. The van der Waals surface area contributed by atoms with Gasteiger partial charge in [-0.05, 0) is 43.4 Å². The van der Waals surface area contributed by atoms with Crippen LogP contribution < -0.4 is 5.32 Å². The monoisotopic (exact) mass is 285 g/mol. The maximum Gasteiger partial charge on any atom is 0.416 e. The van der Waals surface area contributed by atoms with Gasteiger partial charge < -0.3 is 10.4 Å². The predicted octanol–water partition coefficient (Wildman–Crippen LogP) is 2.89. The minimum Gasteiger partial charge on any atom is -0.389 e. The number of halogens is 3. The molecule has 20 heavy (non-hydrogen) atoms. The largest absolute Gasteiger partial charge is 0.416 e. The number of rotatable bonds is 2. The van der Waals surface area contributed by atoms with Gasteiger partial charge in [-0.3, -0.25) is 0 Å². The van der Waals surface area contributed by atoms with E-state index in [2.05, 4.69) is 5.32 Å². The van der Waals surface area contributed by atoms with Crippen LogP contribution >= 0.6 is 0 Å². The third kappa shape index (κ3) is 2.83. The summed E-state index contributed by atoms with van der Waals surface area (Å²) in [7, 11) is 0. The SMILES string of the molecule is OC1(Cc2ccc(C(F)(F)F)cc2)CC2CCC(C1)N2. The minimum absolute atomic E-state index is 0.355. The van der Waals surface area contributed by atoms with Crippen LogP contribution in [0.15, 0.2) is 24.3 Å². The molecule has 2 unspecified atom stereocenters. The van der Waals surface area contributed by atoms with E-state index in [1.165, 1.54) is 12.1 Å². The molecule has 2 atom stereocenters. The van der Waals surface area contributed by atoms with Crippen LogP contribution in [0.1, 0.15) is 36.8 Å². The second-order valence-electron chi connectivity index (χ2n) is 6.14. The highest BCUT2D eigenvalue weighted by Crippen LogP contribution is 2.36. The van der Waals surface area contributed by atoms with Crippen molar-refractivity contribution in [2.75, 3.05) is 0 Å². The molecule has 110 valence electrons. The molecule has 3 rings (SSSR count). The summed E-state index contributed by atoms with van der Waals surface area (Å²) >= 11 is 0. The van der Waals surface area contributed by atoms with Gasteiger partial charge in [0.1, 0.15) is 0 Å². The van der Waals surface area contributed by atoms with E-state index in [0.717, 1.165) is 30.5 Å². The van der Waals surface area contributed by atoms with Crippen molar-refractivity contribution in [3.63, 3.8) is 0 Å². The number of aliphatic hydroxyl groups is 1. The number of piperidine rings is 1. The van der Waals surface area contributed by atoms with Crippen molar-refractivity contribution in [3.05, 3.63) is 35.4 Å². The van der Waals surface area contributed by atoms with Gasteiger partial charge in [0.2, 0.25) is 0 Å². The quantitative estimate of drug-likeness (QED) is 0.875. The fourth-order valence-electron chi connectivity index (χ4n) is 3.56. The molecular weight excluding hydrogens is 267 g/mol. The van der Waals surface area contributed by atoms with Gasteiger partial charge in [0, 0.05) is 18.5 Å². The molecule has 0 saturated carbocycles. The van der Waals surface area contributed by atoms with E-state index >= 15 is 0 Å². The summed E-state index contributed by atoms with van der Waals surface area (Å²) in [6.07, 6.45) is -0.335. The Morgan fingerprint density at radius 3 is 2.15 bits per heavy atom. The van der Waals surface area contributed by atoms with Crippen molar-refractivity contribution in [3.8, 4) is 0 Å². The summed E-state index contributed by atoms with van der Waals surface area (Å²) in [6.45, 7) is 0. The molecule has 0 aliphatic carbocycles. The fraction of sp³-hybridized carbons (Fsp3) is 0.600. The lowest BCUT2D eigenvalue weighted by molar-refractivity contribution is -0.137. The Balaban J connectivity index is 1.71. The number of hydrogen-bond donors (Lipinski definition) is 2.